The first kappa shape index (κ1) is 15.0. The molecule has 3 nitrogen and oxygen atoms in total. The largest absolute Gasteiger partial charge is 0.395 e. The Morgan fingerprint density at radius 1 is 1.25 bits per heavy atom. The average molecular weight is 217 g/mol. The molecule has 0 bridgehead atoms. The lowest BCUT2D eigenvalue weighted by Crippen LogP contribution is -2.33. The van der Waals surface area contributed by atoms with Gasteiger partial charge in [-0.3, -0.25) is 4.90 Å². The number of aliphatic hydroxyl groups excluding tert-OH is 1. The molecule has 1 saturated carbocycles. The topological polar surface area (TPSA) is 49.5 Å². The highest BCUT2D eigenvalue weighted by Crippen LogP contribution is 2.25. The van der Waals surface area contributed by atoms with Crippen LogP contribution in [0.2, 0.25) is 0 Å². The van der Waals surface area contributed by atoms with Crippen molar-refractivity contribution in [1.82, 2.24) is 4.90 Å². The predicted octanol–water partition coefficient (Wildman–Crippen LogP) is 0.245. The predicted molar refractivity (Wildman–Crippen MR) is 55.2 cm³/mol. The van der Waals surface area contributed by atoms with Crippen LogP contribution in [0.4, 0.5) is 0 Å². The fraction of sp³-hybridized carbons (Fsp3) is 1.00. The lowest BCUT2D eigenvalue weighted by molar-refractivity contribution is 0.193. The van der Waals surface area contributed by atoms with Gasteiger partial charge in [-0.15, -0.1) is 24.8 Å². The number of hydrogen-bond donors (Lipinski definition) is 2. The van der Waals surface area contributed by atoms with Crippen molar-refractivity contribution in [2.24, 2.45) is 5.73 Å². The number of aliphatic hydroxyl groups is 1. The summed E-state index contributed by atoms with van der Waals surface area (Å²) in [7, 11) is 0. The van der Waals surface area contributed by atoms with Crippen LogP contribution in [-0.2, 0) is 0 Å². The van der Waals surface area contributed by atoms with Gasteiger partial charge < -0.3 is 10.8 Å². The van der Waals surface area contributed by atoms with Gasteiger partial charge in [0.25, 0.3) is 0 Å². The zero-order valence-electron chi connectivity index (χ0n) is 7.11. The molecule has 0 radical (unpaired) electrons. The van der Waals surface area contributed by atoms with Gasteiger partial charge in [-0.25, -0.2) is 0 Å². The van der Waals surface area contributed by atoms with Gasteiger partial charge in [0.1, 0.15) is 0 Å². The molecule has 0 atom stereocenters. The summed E-state index contributed by atoms with van der Waals surface area (Å²) in [5.41, 5.74) is 5.40. The van der Waals surface area contributed by atoms with Gasteiger partial charge in [-0.1, -0.05) is 0 Å². The third kappa shape index (κ3) is 5.17. The number of nitrogens with zero attached hydrogens (tertiary/aromatic N) is 1. The molecule has 0 aliphatic heterocycles. The van der Waals surface area contributed by atoms with Crippen molar-refractivity contribution >= 4 is 24.8 Å². The molecule has 3 N–H and O–H groups in total. The maximum absolute atomic E-state index is 8.66. The van der Waals surface area contributed by atoms with E-state index in [0.29, 0.717) is 6.54 Å². The third-order valence-corrected chi connectivity index (χ3v) is 1.87. The standard InChI is InChI=1S/C7H16N2O.2ClH/c8-3-4-9(5-6-10)7-1-2-7;;/h7,10H,1-6,8H2;2*1H. The molecule has 0 spiro atoms. The summed E-state index contributed by atoms with van der Waals surface area (Å²) >= 11 is 0. The molecule has 5 heteroatoms. The van der Waals surface area contributed by atoms with Gasteiger partial charge >= 0.3 is 0 Å². The minimum absolute atomic E-state index is 0. The highest BCUT2D eigenvalue weighted by atomic mass is 35.5. The molecule has 1 aliphatic rings. The second-order valence-electron chi connectivity index (χ2n) is 2.78. The van der Waals surface area contributed by atoms with E-state index in [1.54, 1.807) is 0 Å². The van der Waals surface area contributed by atoms with Crippen LogP contribution in [0.5, 0.6) is 0 Å². The van der Waals surface area contributed by atoms with Crippen molar-refractivity contribution < 1.29 is 5.11 Å². The second kappa shape index (κ2) is 8.08. The Bertz CT molecular complexity index is 95.4. The Morgan fingerprint density at radius 3 is 2.17 bits per heavy atom. The van der Waals surface area contributed by atoms with Crippen LogP contribution in [0.25, 0.3) is 0 Å². The molecular formula is C7H18Cl2N2O. The van der Waals surface area contributed by atoms with Gasteiger partial charge in [0.15, 0.2) is 0 Å². The number of rotatable bonds is 5. The van der Waals surface area contributed by atoms with Crippen molar-refractivity contribution in [2.45, 2.75) is 18.9 Å². The first-order valence-corrected chi connectivity index (χ1v) is 3.93. The minimum atomic E-state index is 0. The summed E-state index contributed by atoms with van der Waals surface area (Å²) in [5, 5.41) is 8.66. The first-order chi connectivity index (χ1) is 4.88. The normalized spacial score (nSPS) is 15.2. The molecule has 1 fully saturated rings. The molecule has 0 aromatic rings. The lowest BCUT2D eigenvalue weighted by Gasteiger charge is -2.18. The van der Waals surface area contributed by atoms with Gasteiger partial charge in [0, 0.05) is 25.7 Å². The van der Waals surface area contributed by atoms with E-state index >= 15 is 0 Å². The highest BCUT2D eigenvalue weighted by molar-refractivity contribution is 5.85. The van der Waals surface area contributed by atoms with Crippen LogP contribution in [-0.4, -0.2) is 42.3 Å². The van der Waals surface area contributed by atoms with Crippen molar-refractivity contribution in [3.05, 3.63) is 0 Å². The van der Waals surface area contributed by atoms with E-state index in [-0.39, 0.29) is 31.4 Å². The zero-order valence-corrected chi connectivity index (χ0v) is 8.74. The van der Waals surface area contributed by atoms with E-state index in [2.05, 4.69) is 4.90 Å². The molecule has 0 unspecified atom stereocenters. The molecule has 1 aliphatic carbocycles. The molecule has 0 saturated heterocycles. The van der Waals surface area contributed by atoms with Crippen LogP contribution in [0, 0.1) is 0 Å². The summed E-state index contributed by atoms with van der Waals surface area (Å²) in [6.45, 7) is 2.69. The van der Waals surface area contributed by atoms with Gasteiger partial charge in [-0.05, 0) is 12.8 Å². The summed E-state index contributed by atoms with van der Waals surface area (Å²) < 4.78 is 0. The van der Waals surface area contributed by atoms with Crippen molar-refractivity contribution in [1.29, 1.82) is 0 Å². The maximum Gasteiger partial charge on any atom is 0.0558 e. The highest BCUT2D eigenvalue weighted by Gasteiger charge is 2.27. The second-order valence-corrected chi connectivity index (χ2v) is 2.78. The SMILES string of the molecule is Cl.Cl.NCCN(CCO)C1CC1. The fourth-order valence-electron chi connectivity index (χ4n) is 1.21. The van der Waals surface area contributed by atoms with Gasteiger partial charge in [-0.2, -0.15) is 0 Å². The molecule has 0 aromatic heterocycles. The number of halogens is 2. The maximum atomic E-state index is 8.66. The lowest BCUT2D eigenvalue weighted by atomic mass is 10.4. The zero-order chi connectivity index (χ0) is 7.40. The first-order valence-electron chi connectivity index (χ1n) is 3.93. The summed E-state index contributed by atoms with van der Waals surface area (Å²) in [6, 6.07) is 0.732. The van der Waals surface area contributed by atoms with Crippen molar-refractivity contribution in [2.75, 3.05) is 26.2 Å². The molecule has 1 rings (SSSR count). The Balaban J connectivity index is 0. The summed E-state index contributed by atoms with van der Waals surface area (Å²) in [6.07, 6.45) is 2.58. The Hall–Kier alpha value is 0.460. The van der Waals surface area contributed by atoms with Gasteiger partial charge in [0.05, 0.1) is 6.61 Å². The van der Waals surface area contributed by atoms with E-state index in [1.807, 2.05) is 0 Å². The Kier molecular flexibility index (Phi) is 10.1. The van der Waals surface area contributed by atoms with Crippen molar-refractivity contribution in [3.8, 4) is 0 Å². The van der Waals surface area contributed by atoms with E-state index in [9.17, 15) is 0 Å². The third-order valence-electron chi connectivity index (χ3n) is 1.87. The monoisotopic (exact) mass is 216 g/mol. The van der Waals surface area contributed by atoms with E-state index in [0.717, 1.165) is 19.1 Å². The molecule has 0 heterocycles. The number of nitrogens with two attached hydrogens (primary N) is 1. The molecule has 0 amide bonds. The van der Waals surface area contributed by atoms with Crippen LogP contribution < -0.4 is 5.73 Å². The minimum Gasteiger partial charge on any atom is -0.395 e. The Labute approximate surface area is 86.1 Å². The Morgan fingerprint density at radius 2 is 1.83 bits per heavy atom. The van der Waals surface area contributed by atoms with Crippen LogP contribution in [0.15, 0.2) is 0 Å². The van der Waals surface area contributed by atoms with Gasteiger partial charge in [0.2, 0.25) is 0 Å². The number of hydrogen-bond acceptors (Lipinski definition) is 3. The molecule has 76 valence electrons. The van der Waals surface area contributed by atoms with Crippen LogP contribution >= 0.6 is 24.8 Å². The summed E-state index contributed by atoms with van der Waals surface area (Å²) in [5.74, 6) is 0. The van der Waals surface area contributed by atoms with E-state index in [1.165, 1.54) is 12.8 Å². The average Bonchev–Trinajstić information content (AvgIpc) is 2.69. The van der Waals surface area contributed by atoms with Crippen LogP contribution in [0.3, 0.4) is 0 Å². The molecule has 0 aromatic carbocycles. The smallest absolute Gasteiger partial charge is 0.0558 e. The fourth-order valence-corrected chi connectivity index (χ4v) is 1.21. The summed E-state index contributed by atoms with van der Waals surface area (Å²) in [4.78, 5) is 2.26. The van der Waals surface area contributed by atoms with Crippen LogP contribution in [0.1, 0.15) is 12.8 Å². The molecular weight excluding hydrogens is 199 g/mol. The van der Waals surface area contributed by atoms with E-state index < -0.39 is 0 Å². The van der Waals surface area contributed by atoms with E-state index in [4.69, 9.17) is 10.8 Å². The quantitative estimate of drug-likeness (QED) is 0.693. The van der Waals surface area contributed by atoms with Crippen molar-refractivity contribution in [3.63, 3.8) is 0 Å². The molecule has 12 heavy (non-hydrogen) atoms.